The highest BCUT2D eigenvalue weighted by Crippen LogP contribution is 2.44. The highest BCUT2D eigenvalue weighted by molar-refractivity contribution is 7.08. The molecule has 0 saturated carbocycles. The summed E-state index contributed by atoms with van der Waals surface area (Å²) >= 11 is 1.66. The molecule has 2 aromatic carbocycles. The van der Waals surface area contributed by atoms with E-state index < -0.39 is 0 Å². The minimum Gasteiger partial charge on any atom is -0.497 e. The quantitative estimate of drug-likeness (QED) is 0.614. The fourth-order valence-corrected chi connectivity index (χ4v) is 3.62. The van der Waals surface area contributed by atoms with Gasteiger partial charge in [-0.25, -0.2) is 0 Å². The molecule has 0 unspecified atom stereocenters. The molecule has 0 fully saturated rings. The second kappa shape index (κ2) is 7.49. The van der Waals surface area contributed by atoms with Crippen LogP contribution in [0.1, 0.15) is 0 Å². The number of thiophene rings is 1. The lowest BCUT2D eigenvalue weighted by molar-refractivity contribution is 0.324. The summed E-state index contributed by atoms with van der Waals surface area (Å²) < 4.78 is 21.6. The van der Waals surface area contributed by atoms with Gasteiger partial charge in [-0.1, -0.05) is 12.1 Å². The molecule has 0 saturated heterocycles. The lowest BCUT2D eigenvalue weighted by Gasteiger charge is -2.14. The van der Waals surface area contributed by atoms with Crippen LogP contribution in [0, 0.1) is 0 Å². The average molecular weight is 356 g/mol. The third kappa shape index (κ3) is 3.28. The summed E-state index contributed by atoms with van der Waals surface area (Å²) in [6, 6.07) is 12.0. The van der Waals surface area contributed by atoms with Crippen LogP contribution in [0.25, 0.3) is 22.3 Å². The first-order chi connectivity index (χ1) is 12.2. The predicted octanol–water partition coefficient (Wildman–Crippen LogP) is 5.12. The highest BCUT2D eigenvalue weighted by atomic mass is 32.1. The van der Waals surface area contributed by atoms with Crippen LogP contribution in [0.2, 0.25) is 0 Å². The number of rotatable bonds is 6. The SMILES string of the molecule is COc1ccc(-c2cscc2-c2cc(OC)c(OC)c(OC)c2)cc1. The molecule has 1 aromatic heterocycles. The Morgan fingerprint density at radius 3 is 1.68 bits per heavy atom. The first-order valence-electron chi connectivity index (χ1n) is 7.72. The van der Waals surface area contributed by atoms with Crippen LogP contribution in [0.5, 0.6) is 23.0 Å². The normalized spacial score (nSPS) is 10.4. The van der Waals surface area contributed by atoms with Crippen LogP contribution < -0.4 is 18.9 Å². The van der Waals surface area contributed by atoms with E-state index in [9.17, 15) is 0 Å². The van der Waals surface area contributed by atoms with Crippen LogP contribution in [0.4, 0.5) is 0 Å². The standard InChI is InChI=1S/C20H20O4S/c1-21-15-7-5-13(6-8-15)16-11-25-12-17(16)14-9-18(22-2)20(24-4)19(10-14)23-3/h5-12H,1-4H3. The molecule has 0 atom stereocenters. The zero-order valence-electron chi connectivity index (χ0n) is 14.7. The smallest absolute Gasteiger partial charge is 0.203 e. The predicted molar refractivity (Wildman–Crippen MR) is 101 cm³/mol. The van der Waals surface area contributed by atoms with Crippen LogP contribution >= 0.6 is 11.3 Å². The highest BCUT2D eigenvalue weighted by Gasteiger charge is 2.17. The Balaban J connectivity index is 2.10. The van der Waals surface area contributed by atoms with Crippen molar-refractivity contribution in [2.45, 2.75) is 0 Å². The number of methoxy groups -OCH3 is 4. The lowest BCUT2D eigenvalue weighted by Crippen LogP contribution is -1.95. The van der Waals surface area contributed by atoms with Crippen molar-refractivity contribution in [3.8, 4) is 45.3 Å². The van der Waals surface area contributed by atoms with Gasteiger partial charge in [-0.15, -0.1) is 0 Å². The van der Waals surface area contributed by atoms with Crippen LogP contribution in [0.15, 0.2) is 47.2 Å². The topological polar surface area (TPSA) is 36.9 Å². The van der Waals surface area contributed by atoms with Gasteiger partial charge in [0.2, 0.25) is 5.75 Å². The molecule has 3 rings (SSSR count). The van der Waals surface area contributed by atoms with E-state index in [2.05, 4.69) is 22.9 Å². The van der Waals surface area contributed by atoms with Gasteiger partial charge in [0.05, 0.1) is 28.4 Å². The van der Waals surface area contributed by atoms with Crippen molar-refractivity contribution in [2.75, 3.05) is 28.4 Å². The lowest BCUT2D eigenvalue weighted by atomic mass is 9.98. The summed E-state index contributed by atoms with van der Waals surface area (Å²) in [5.74, 6) is 2.72. The second-order valence-corrected chi connectivity index (χ2v) is 6.09. The molecule has 0 aliphatic carbocycles. The summed E-state index contributed by atoms with van der Waals surface area (Å²) in [6.45, 7) is 0. The molecular formula is C20H20O4S. The third-order valence-electron chi connectivity index (χ3n) is 4.04. The first kappa shape index (κ1) is 17.2. The molecule has 0 radical (unpaired) electrons. The van der Waals surface area contributed by atoms with E-state index in [1.807, 2.05) is 24.3 Å². The van der Waals surface area contributed by atoms with Crippen molar-refractivity contribution in [2.24, 2.45) is 0 Å². The average Bonchev–Trinajstić information content (AvgIpc) is 3.16. The van der Waals surface area contributed by atoms with Gasteiger partial charge in [0.25, 0.3) is 0 Å². The van der Waals surface area contributed by atoms with Gasteiger partial charge in [0.1, 0.15) is 5.75 Å². The maximum Gasteiger partial charge on any atom is 0.203 e. The molecule has 130 valence electrons. The Hall–Kier alpha value is -2.66. The minimum absolute atomic E-state index is 0.593. The molecule has 0 aliphatic heterocycles. The minimum atomic E-state index is 0.593. The largest absolute Gasteiger partial charge is 0.497 e. The van der Waals surface area contributed by atoms with Crippen molar-refractivity contribution in [1.29, 1.82) is 0 Å². The molecule has 0 spiro atoms. The Labute approximate surface area is 151 Å². The van der Waals surface area contributed by atoms with Gasteiger partial charge < -0.3 is 18.9 Å². The van der Waals surface area contributed by atoms with E-state index in [1.165, 1.54) is 0 Å². The van der Waals surface area contributed by atoms with Gasteiger partial charge in [0.15, 0.2) is 11.5 Å². The molecule has 0 N–H and O–H groups in total. The monoisotopic (exact) mass is 356 g/mol. The Morgan fingerprint density at radius 2 is 1.20 bits per heavy atom. The van der Waals surface area contributed by atoms with Crippen molar-refractivity contribution in [1.82, 2.24) is 0 Å². The molecule has 0 amide bonds. The molecule has 5 heteroatoms. The van der Waals surface area contributed by atoms with Gasteiger partial charge in [-0.05, 0) is 46.2 Å². The van der Waals surface area contributed by atoms with E-state index in [1.54, 1.807) is 39.8 Å². The van der Waals surface area contributed by atoms with Crippen LogP contribution in [-0.2, 0) is 0 Å². The van der Waals surface area contributed by atoms with Crippen molar-refractivity contribution < 1.29 is 18.9 Å². The van der Waals surface area contributed by atoms with Gasteiger partial charge in [-0.3, -0.25) is 0 Å². The molecule has 4 nitrogen and oxygen atoms in total. The zero-order valence-corrected chi connectivity index (χ0v) is 15.5. The molecule has 25 heavy (non-hydrogen) atoms. The van der Waals surface area contributed by atoms with E-state index >= 15 is 0 Å². The van der Waals surface area contributed by atoms with E-state index in [0.29, 0.717) is 17.2 Å². The van der Waals surface area contributed by atoms with E-state index in [4.69, 9.17) is 18.9 Å². The van der Waals surface area contributed by atoms with E-state index in [-0.39, 0.29) is 0 Å². The van der Waals surface area contributed by atoms with Gasteiger partial charge in [0, 0.05) is 11.1 Å². The summed E-state index contributed by atoms with van der Waals surface area (Å²) in [5, 5.41) is 4.26. The number of hydrogen-bond acceptors (Lipinski definition) is 5. The fourth-order valence-electron chi connectivity index (χ4n) is 2.75. The van der Waals surface area contributed by atoms with Crippen molar-refractivity contribution in [3.63, 3.8) is 0 Å². The Morgan fingerprint density at radius 1 is 0.640 bits per heavy atom. The summed E-state index contributed by atoms with van der Waals surface area (Å²) in [7, 11) is 6.52. The molecule has 1 heterocycles. The van der Waals surface area contributed by atoms with E-state index in [0.717, 1.165) is 28.0 Å². The van der Waals surface area contributed by atoms with Gasteiger partial charge >= 0.3 is 0 Å². The van der Waals surface area contributed by atoms with Crippen molar-refractivity contribution >= 4 is 11.3 Å². The zero-order chi connectivity index (χ0) is 17.8. The van der Waals surface area contributed by atoms with Crippen LogP contribution in [0.3, 0.4) is 0 Å². The molecule has 3 aromatic rings. The first-order valence-corrected chi connectivity index (χ1v) is 8.67. The molecular weight excluding hydrogens is 336 g/mol. The second-order valence-electron chi connectivity index (χ2n) is 5.34. The molecule has 0 aliphatic rings. The number of ether oxygens (including phenoxy) is 4. The van der Waals surface area contributed by atoms with Crippen LogP contribution in [-0.4, -0.2) is 28.4 Å². The number of hydrogen-bond donors (Lipinski definition) is 0. The van der Waals surface area contributed by atoms with Gasteiger partial charge in [-0.2, -0.15) is 11.3 Å². The van der Waals surface area contributed by atoms with Crippen molar-refractivity contribution in [3.05, 3.63) is 47.2 Å². The molecule has 0 bridgehead atoms. The summed E-state index contributed by atoms with van der Waals surface area (Å²) in [6.07, 6.45) is 0. The Bertz CT molecular complexity index is 827. The summed E-state index contributed by atoms with van der Waals surface area (Å²) in [5.41, 5.74) is 4.42. The third-order valence-corrected chi connectivity index (χ3v) is 4.78. The fraction of sp³-hybridized carbons (Fsp3) is 0.200. The maximum absolute atomic E-state index is 5.48. The maximum atomic E-state index is 5.48. The number of benzene rings is 2. The summed E-state index contributed by atoms with van der Waals surface area (Å²) in [4.78, 5) is 0. The Kier molecular flexibility index (Phi) is 5.14.